The average molecular weight is 179 g/mol. The minimum absolute atomic E-state index is 1.01. The first kappa shape index (κ1) is 9.48. The molecule has 0 aliphatic rings. The van der Waals surface area contributed by atoms with Crippen LogP contribution in [0.15, 0.2) is 30.3 Å². The van der Waals surface area contributed by atoms with Gasteiger partial charge < -0.3 is 4.98 Å². The summed E-state index contributed by atoms with van der Waals surface area (Å²) in [5.74, 6) is 0. The Morgan fingerprint density at radius 1 is 1.08 bits per heavy atom. The second kappa shape index (κ2) is 3.87. The summed E-state index contributed by atoms with van der Waals surface area (Å²) in [6.45, 7) is 7.96. The van der Waals surface area contributed by atoms with Gasteiger partial charge in [-0.15, -0.1) is 0 Å². The Kier molecular flexibility index (Phi) is 3.06. The molecule has 0 saturated carbocycles. The maximum Gasteiger partial charge on any atom is 0.116 e. The van der Waals surface area contributed by atoms with Crippen LogP contribution in [0.3, 0.4) is 0 Å². The van der Waals surface area contributed by atoms with Gasteiger partial charge in [-0.3, -0.25) is 0 Å². The van der Waals surface area contributed by atoms with Gasteiger partial charge in [0.1, 0.15) is 8.24 Å². The lowest BCUT2D eigenvalue weighted by Gasteiger charge is -2.17. The molecule has 0 heterocycles. The number of hydrogen-bond donors (Lipinski definition) is 1. The zero-order valence-electron chi connectivity index (χ0n) is 8.09. The van der Waals surface area contributed by atoms with Gasteiger partial charge in [0.15, 0.2) is 0 Å². The number of benzene rings is 1. The lowest BCUT2D eigenvalue weighted by molar-refractivity contribution is 0.915. The fourth-order valence-corrected chi connectivity index (χ4v) is 1.70. The van der Waals surface area contributed by atoms with Crippen LogP contribution < -0.4 is 4.98 Å². The van der Waals surface area contributed by atoms with E-state index in [0.717, 1.165) is 6.54 Å². The van der Waals surface area contributed by atoms with Crippen molar-refractivity contribution in [2.45, 2.75) is 26.2 Å². The van der Waals surface area contributed by atoms with Crippen molar-refractivity contribution < 1.29 is 0 Å². The molecule has 1 aromatic rings. The first-order chi connectivity index (χ1) is 5.58. The first-order valence-electron chi connectivity index (χ1n) is 4.37. The minimum atomic E-state index is -1.09. The van der Waals surface area contributed by atoms with Crippen LogP contribution in [0.25, 0.3) is 0 Å². The molecule has 0 fully saturated rings. The summed E-state index contributed by atoms with van der Waals surface area (Å²) in [5.41, 5.74) is 1.37. The van der Waals surface area contributed by atoms with Crippen molar-refractivity contribution in [1.29, 1.82) is 0 Å². The lowest BCUT2D eigenvalue weighted by atomic mass is 10.2. The van der Waals surface area contributed by atoms with Gasteiger partial charge >= 0.3 is 0 Å². The topological polar surface area (TPSA) is 12.0 Å². The van der Waals surface area contributed by atoms with E-state index in [4.69, 9.17) is 0 Å². The van der Waals surface area contributed by atoms with Crippen LogP contribution in [0, 0.1) is 0 Å². The molecule has 0 aromatic heterocycles. The van der Waals surface area contributed by atoms with E-state index in [0.29, 0.717) is 0 Å². The van der Waals surface area contributed by atoms with Gasteiger partial charge in [-0.05, 0) is 5.56 Å². The third-order valence-electron chi connectivity index (χ3n) is 1.67. The maximum atomic E-state index is 3.58. The highest BCUT2D eigenvalue weighted by Gasteiger charge is 2.10. The number of nitrogens with one attached hydrogen (secondary N) is 1. The van der Waals surface area contributed by atoms with Gasteiger partial charge in [-0.1, -0.05) is 50.0 Å². The Balaban J connectivity index is 2.44. The van der Waals surface area contributed by atoms with Crippen molar-refractivity contribution >= 4 is 8.24 Å². The first-order valence-corrected chi connectivity index (χ1v) is 7.87. The quantitative estimate of drug-likeness (QED) is 0.703. The Bertz CT molecular complexity index is 225. The molecule has 1 rings (SSSR count). The van der Waals surface area contributed by atoms with Crippen LogP contribution in [0.4, 0.5) is 0 Å². The second-order valence-electron chi connectivity index (χ2n) is 4.09. The Morgan fingerprint density at radius 2 is 1.67 bits per heavy atom. The van der Waals surface area contributed by atoms with Crippen LogP contribution in [0.5, 0.6) is 0 Å². The van der Waals surface area contributed by atoms with Crippen LogP contribution in [-0.2, 0) is 6.54 Å². The average Bonchev–Trinajstić information content (AvgIpc) is 2.02. The van der Waals surface area contributed by atoms with Gasteiger partial charge in [0.2, 0.25) is 0 Å². The molecule has 12 heavy (non-hydrogen) atoms. The summed E-state index contributed by atoms with van der Waals surface area (Å²) in [5, 5.41) is 0. The van der Waals surface area contributed by atoms with E-state index in [9.17, 15) is 0 Å². The molecule has 0 atom stereocenters. The fourth-order valence-electron chi connectivity index (χ4n) is 0.963. The largest absolute Gasteiger partial charge is 0.334 e. The standard InChI is InChI=1S/C10H17NSi/c1-12(2,3)11-9-10-7-5-4-6-8-10/h4-8,11H,9H2,1-3H3. The molecule has 0 bridgehead atoms. The SMILES string of the molecule is C[Si](C)(C)NCc1ccccc1. The van der Waals surface area contributed by atoms with Crippen LogP contribution >= 0.6 is 0 Å². The van der Waals surface area contributed by atoms with Crippen molar-refractivity contribution in [3.8, 4) is 0 Å². The van der Waals surface area contributed by atoms with Gasteiger partial charge in [-0.2, -0.15) is 0 Å². The van der Waals surface area contributed by atoms with E-state index in [1.165, 1.54) is 5.56 Å². The summed E-state index contributed by atoms with van der Waals surface area (Å²) in [7, 11) is -1.09. The van der Waals surface area contributed by atoms with Crippen molar-refractivity contribution in [3.05, 3.63) is 35.9 Å². The molecule has 0 aliphatic carbocycles. The molecule has 2 heteroatoms. The van der Waals surface area contributed by atoms with Crippen molar-refractivity contribution in [3.63, 3.8) is 0 Å². The van der Waals surface area contributed by atoms with E-state index in [-0.39, 0.29) is 0 Å². The van der Waals surface area contributed by atoms with E-state index in [1.807, 2.05) is 0 Å². The zero-order chi connectivity index (χ0) is 9.03. The van der Waals surface area contributed by atoms with E-state index < -0.39 is 8.24 Å². The monoisotopic (exact) mass is 179 g/mol. The third kappa shape index (κ3) is 3.69. The normalized spacial score (nSPS) is 11.6. The fraction of sp³-hybridized carbons (Fsp3) is 0.400. The molecule has 1 nitrogen and oxygen atoms in total. The Morgan fingerprint density at radius 3 is 2.17 bits per heavy atom. The van der Waals surface area contributed by atoms with Crippen molar-refractivity contribution in [2.75, 3.05) is 0 Å². The molecule has 0 unspecified atom stereocenters. The predicted octanol–water partition coefficient (Wildman–Crippen LogP) is 2.61. The molecule has 0 amide bonds. The highest BCUT2D eigenvalue weighted by Crippen LogP contribution is 2.01. The molecule has 0 radical (unpaired) electrons. The molecule has 1 N–H and O–H groups in total. The lowest BCUT2D eigenvalue weighted by Crippen LogP contribution is -2.40. The van der Waals surface area contributed by atoms with Crippen LogP contribution in [0.2, 0.25) is 19.6 Å². The summed E-state index contributed by atoms with van der Waals surface area (Å²) in [4.78, 5) is 3.58. The third-order valence-corrected chi connectivity index (χ3v) is 2.90. The minimum Gasteiger partial charge on any atom is -0.334 e. The van der Waals surface area contributed by atoms with E-state index in [1.54, 1.807) is 0 Å². The Hall–Kier alpha value is -0.603. The van der Waals surface area contributed by atoms with Crippen LogP contribution in [-0.4, -0.2) is 8.24 Å². The number of rotatable bonds is 3. The van der Waals surface area contributed by atoms with Gasteiger partial charge in [-0.25, -0.2) is 0 Å². The van der Waals surface area contributed by atoms with Gasteiger partial charge in [0.25, 0.3) is 0 Å². The van der Waals surface area contributed by atoms with Gasteiger partial charge in [0.05, 0.1) is 0 Å². The Labute approximate surface area is 75.9 Å². The molecule has 0 aliphatic heterocycles. The van der Waals surface area contributed by atoms with E-state index >= 15 is 0 Å². The van der Waals surface area contributed by atoms with Gasteiger partial charge in [0, 0.05) is 6.54 Å². The predicted molar refractivity (Wildman–Crippen MR) is 56.6 cm³/mol. The summed E-state index contributed by atoms with van der Waals surface area (Å²) < 4.78 is 0. The summed E-state index contributed by atoms with van der Waals surface area (Å²) >= 11 is 0. The summed E-state index contributed by atoms with van der Waals surface area (Å²) in [6, 6.07) is 10.5. The number of hydrogen-bond acceptors (Lipinski definition) is 1. The smallest absolute Gasteiger partial charge is 0.116 e. The van der Waals surface area contributed by atoms with Crippen molar-refractivity contribution in [2.24, 2.45) is 0 Å². The van der Waals surface area contributed by atoms with E-state index in [2.05, 4.69) is 55.0 Å². The molecule has 0 spiro atoms. The molecular weight excluding hydrogens is 162 g/mol. The molecule has 66 valence electrons. The highest BCUT2D eigenvalue weighted by molar-refractivity contribution is 6.73. The van der Waals surface area contributed by atoms with Crippen LogP contribution in [0.1, 0.15) is 5.56 Å². The molecule has 0 saturated heterocycles. The molecular formula is C10H17NSi. The highest BCUT2D eigenvalue weighted by atomic mass is 28.3. The maximum absolute atomic E-state index is 3.58. The molecule has 1 aromatic carbocycles. The summed E-state index contributed by atoms with van der Waals surface area (Å²) in [6.07, 6.45) is 0. The van der Waals surface area contributed by atoms with Crippen molar-refractivity contribution in [1.82, 2.24) is 4.98 Å². The second-order valence-corrected chi connectivity index (χ2v) is 8.94. The zero-order valence-corrected chi connectivity index (χ0v) is 9.09.